The van der Waals surface area contributed by atoms with E-state index < -0.39 is 0 Å². The maximum absolute atomic E-state index is 12.2. The minimum Gasteiger partial charge on any atom is -0.388 e. The lowest BCUT2D eigenvalue weighted by Gasteiger charge is -2.38. The minimum atomic E-state index is -0.249. The number of nitrogens with one attached hydrogen (secondary N) is 1. The van der Waals surface area contributed by atoms with E-state index in [1.54, 1.807) is 6.92 Å². The molecule has 0 aliphatic heterocycles. The Morgan fingerprint density at radius 3 is 2.65 bits per heavy atom. The molecule has 0 aliphatic carbocycles. The van der Waals surface area contributed by atoms with Crippen LogP contribution in [0.4, 0.5) is 0 Å². The predicted octanol–water partition coefficient (Wildman–Crippen LogP) is 2.50. The van der Waals surface area contributed by atoms with Crippen LogP contribution < -0.4 is 5.32 Å². The van der Waals surface area contributed by atoms with Crippen molar-refractivity contribution in [3.8, 4) is 0 Å². The SMILES string of the molecule is CCCCN(C)C(C)(CC)CCNC(=O)c1noc(CO)c1C. The number of amides is 1. The summed E-state index contributed by atoms with van der Waals surface area (Å²) >= 11 is 0. The molecule has 0 fully saturated rings. The summed E-state index contributed by atoms with van der Waals surface area (Å²) in [5.41, 5.74) is 0.923. The lowest BCUT2D eigenvalue weighted by molar-refractivity contribution is 0.0912. The zero-order valence-corrected chi connectivity index (χ0v) is 15.1. The Labute approximate surface area is 139 Å². The lowest BCUT2D eigenvalue weighted by atomic mass is 9.92. The molecule has 2 N–H and O–H groups in total. The topological polar surface area (TPSA) is 78.6 Å². The van der Waals surface area contributed by atoms with E-state index in [2.05, 4.69) is 43.2 Å². The van der Waals surface area contributed by atoms with Crippen LogP contribution in [0.2, 0.25) is 0 Å². The summed E-state index contributed by atoms with van der Waals surface area (Å²) in [6.07, 6.45) is 4.26. The smallest absolute Gasteiger partial charge is 0.273 e. The highest BCUT2D eigenvalue weighted by Gasteiger charge is 2.27. The molecule has 1 heterocycles. The van der Waals surface area contributed by atoms with Crippen molar-refractivity contribution in [2.24, 2.45) is 0 Å². The molecule has 132 valence electrons. The summed E-state index contributed by atoms with van der Waals surface area (Å²) in [7, 11) is 2.15. The third-order valence-electron chi connectivity index (χ3n) is 4.86. The fourth-order valence-corrected chi connectivity index (χ4v) is 2.56. The Bertz CT molecular complexity index is 501. The third kappa shape index (κ3) is 5.04. The van der Waals surface area contributed by atoms with Gasteiger partial charge in [0.25, 0.3) is 5.91 Å². The van der Waals surface area contributed by atoms with Gasteiger partial charge in [0.1, 0.15) is 6.61 Å². The van der Waals surface area contributed by atoms with Crippen molar-refractivity contribution >= 4 is 5.91 Å². The van der Waals surface area contributed by atoms with Gasteiger partial charge >= 0.3 is 0 Å². The quantitative estimate of drug-likeness (QED) is 0.691. The summed E-state index contributed by atoms with van der Waals surface area (Å²) in [6, 6.07) is 0. The maximum Gasteiger partial charge on any atom is 0.273 e. The van der Waals surface area contributed by atoms with Gasteiger partial charge in [-0.1, -0.05) is 25.4 Å². The second-order valence-corrected chi connectivity index (χ2v) is 6.37. The van der Waals surface area contributed by atoms with Crippen molar-refractivity contribution in [2.75, 3.05) is 20.1 Å². The Morgan fingerprint density at radius 2 is 2.13 bits per heavy atom. The number of aliphatic hydroxyl groups excluding tert-OH is 1. The van der Waals surface area contributed by atoms with Crippen LogP contribution in [-0.2, 0) is 6.61 Å². The van der Waals surface area contributed by atoms with Gasteiger partial charge in [-0.2, -0.15) is 0 Å². The molecule has 0 bridgehead atoms. The zero-order valence-electron chi connectivity index (χ0n) is 15.1. The summed E-state index contributed by atoms with van der Waals surface area (Å²) in [6.45, 7) is 9.74. The highest BCUT2D eigenvalue weighted by molar-refractivity contribution is 5.93. The van der Waals surface area contributed by atoms with E-state index in [4.69, 9.17) is 9.63 Å². The number of aliphatic hydroxyl groups is 1. The Kier molecular flexibility index (Phi) is 7.72. The van der Waals surface area contributed by atoms with E-state index in [-0.39, 0.29) is 23.7 Å². The van der Waals surface area contributed by atoms with Gasteiger partial charge in [-0.15, -0.1) is 0 Å². The monoisotopic (exact) mass is 325 g/mol. The molecule has 0 aliphatic rings. The van der Waals surface area contributed by atoms with Gasteiger partial charge in [-0.05, 0) is 46.7 Å². The molecule has 0 spiro atoms. The number of hydrogen-bond donors (Lipinski definition) is 2. The molecule has 6 heteroatoms. The molecule has 1 aromatic heterocycles. The molecule has 1 amide bonds. The average molecular weight is 325 g/mol. The van der Waals surface area contributed by atoms with E-state index in [0.717, 1.165) is 19.4 Å². The fraction of sp³-hybridized carbons (Fsp3) is 0.765. The van der Waals surface area contributed by atoms with Crippen LogP contribution in [0.25, 0.3) is 0 Å². The molecule has 1 unspecified atom stereocenters. The molecule has 0 aromatic carbocycles. The highest BCUT2D eigenvalue weighted by atomic mass is 16.5. The van der Waals surface area contributed by atoms with E-state index in [0.29, 0.717) is 17.9 Å². The second kappa shape index (κ2) is 9.03. The van der Waals surface area contributed by atoms with Gasteiger partial charge in [0.05, 0.1) is 0 Å². The van der Waals surface area contributed by atoms with Crippen LogP contribution in [0.3, 0.4) is 0 Å². The summed E-state index contributed by atoms with van der Waals surface area (Å²) in [5.74, 6) is 0.0912. The van der Waals surface area contributed by atoms with Crippen LogP contribution >= 0.6 is 0 Å². The lowest BCUT2D eigenvalue weighted by Crippen LogP contribution is -2.46. The van der Waals surface area contributed by atoms with Crippen LogP contribution in [0.15, 0.2) is 4.52 Å². The molecule has 0 radical (unpaired) electrons. The number of nitrogens with zero attached hydrogens (tertiary/aromatic N) is 2. The van der Waals surface area contributed by atoms with Gasteiger partial charge in [0.15, 0.2) is 11.5 Å². The normalized spacial score (nSPS) is 14.0. The standard InChI is InChI=1S/C17H31N3O3/c1-6-8-11-20(5)17(4,7-2)9-10-18-16(22)15-13(3)14(12-21)23-19-15/h21H,6-12H2,1-5H3,(H,18,22). The molecule has 1 rings (SSSR count). The van der Waals surface area contributed by atoms with Crippen LogP contribution in [0, 0.1) is 6.92 Å². The summed E-state index contributed by atoms with van der Waals surface area (Å²) in [5, 5.41) is 15.7. The van der Waals surface area contributed by atoms with E-state index >= 15 is 0 Å². The van der Waals surface area contributed by atoms with Crippen molar-refractivity contribution in [3.63, 3.8) is 0 Å². The summed E-state index contributed by atoms with van der Waals surface area (Å²) < 4.78 is 4.95. The first kappa shape index (κ1) is 19.6. The fourth-order valence-electron chi connectivity index (χ4n) is 2.56. The van der Waals surface area contributed by atoms with Gasteiger partial charge < -0.3 is 19.8 Å². The number of carbonyl (C=O) groups is 1. The molecular formula is C17H31N3O3. The van der Waals surface area contributed by atoms with Crippen LogP contribution in [-0.4, -0.2) is 46.7 Å². The van der Waals surface area contributed by atoms with E-state index in [9.17, 15) is 4.79 Å². The number of rotatable bonds is 10. The van der Waals surface area contributed by atoms with Gasteiger partial charge in [0, 0.05) is 17.6 Å². The maximum atomic E-state index is 12.2. The number of unbranched alkanes of at least 4 members (excludes halogenated alkanes) is 1. The van der Waals surface area contributed by atoms with Gasteiger partial charge in [-0.3, -0.25) is 4.79 Å². The first-order chi connectivity index (χ1) is 10.9. The summed E-state index contributed by atoms with van der Waals surface area (Å²) in [4.78, 5) is 14.6. The molecule has 0 saturated carbocycles. The Morgan fingerprint density at radius 1 is 1.43 bits per heavy atom. The van der Waals surface area contributed by atoms with Crippen molar-refractivity contribution in [2.45, 2.75) is 65.5 Å². The van der Waals surface area contributed by atoms with Crippen molar-refractivity contribution in [1.82, 2.24) is 15.4 Å². The second-order valence-electron chi connectivity index (χ2n) is 6.37. The van der Waals surface area contributed by atoms with Crippen LogP contribution in [0.1, 0.15) is 68.3 Å². The Hall–Kier alpha value is -1.40. The van der Waals surface area contributed by atoms with Crippen molar-refractivity contribution in [3.05, 3.63) is 17.0 Å². The average Bonchev–Trinajstić information content (AvgIpc) is 2.92. The van der Waals surface area contributed by atoms with Gasteiger partial charge in [-0.25, -0.2) is 0 Å². The minimum absolute atomic E-state index is 0.0670. The van der Waals surface area contributed by atoms with Crippen molar-refractivity contribution < 1.29 is 14.4 Å². The van der Waals surface area contributed by atoms with E-state index in [1.165, 1.54) is 12.8 Å². The number of hydrogen-bond acceptors (Lipinski definition) is 5. The number of carbonyl (C=O) groups excluding carboxylic acids is 1. The number of aromatic nitrogens is 1. The Balaban J connectivity index is 2.56. The van der Waals surface area contributed by atoms with Crippen molar-refractivity contribution in [1.29, 1.82) is 0 Å². The molecule has 1 aromatic rings. The first-order valence-corrected chi connectivity index (χ1v) is 8.45. The molecular weight excluding hydrogens is 294 g/mol. The van der Waals surface area contributed by atoms with Crippen LogP contribution in [0.5, 0.6) is 0 Å². The highest BCUT2D eigenvalue weighted by Crippen LogP contribution is 2.22. The largest absolute Gasteiger partial charge is 0.388 e. The molecule has 1 atom stereocenters. The molecule has 23 heavy (non-hydrogen) atoms. The zero-order chi connectivity index (χ0) is 17.5. The third-order valence-corrected chi connectivity index (χ3v) is 4.86. The van der Waals surface area contributed by atoms with E-state index in [1.807, 2.05) is 0 Å². The molecule has 0 saturated heterocycles. The predicted molar refractivity (Wildman–Crippen MR) is 90.3 cm³/mol. The molecule has 6 nitrogen and oxygen atoms in total. The van der Waals surface area contributed by atoms with Gasteiger partial charge in [0.2, 0.25) is 0 Å². The first-order valence-electron chi connectivity index (χ1n) is 8.45.